The van der Waals surface area contributed by atoms with Gasteiger partial charge in [0.05, 0.1) is 6.61 Å². The highest BCUT2D eigenvalue weighted by molar-refractivity contribution is 5.94. The van der Waals surface area contributed by atoms with Crippen molar-refractivity contribution in [3.05, 3.63) is 12.2 Å². The van der Waals surface area contributed by atoms with Crippen molar-refractivity contribution in [1.82, 2.24) is 4.90 Å². The fourth-order valence-electron chi connectivity index (χ4n) is 2.30. The Morgan fingerprint density at radius 2 is 1.22 bits per heavy atom. The van der Waals surface area contributed by atoms with Crippen LogP contribution in [0.3, 0.4) is 0 Å². The monoisotopic (exact) mass is 457 g/mol. The summed E-state index contributed by atoms with van der Waals surface area (Å²) in [5.74, 6) is -1.32. The van der Waals surface area contributed by atoms with Crippen LogP contribution in [0.25, 0.3) is 0 Å². The number of amides is 2. The van der Waals surface area contributed by atoms with Gasteiger partial charge >= 0.3 is 24.1 Å². The van der Waals surface area contributed by atoms with Crippen LogP contribution in [0, 0.1) is 0 Å². The van der Waals surface area contributed by atoms with Gasteiger partial charge in [-0.05, 0) is 82.1 Å². The van der Waals surface area contributed by atoms with Crippen LogP contribution in [0.15, 0.2) is 12.2 Å². The molecule has 0 spiro atoms. The number of esters is 2. The summed E-state index contributed by atoms with van der Waals surface area (Å²) in [4.78, 5) is 51.0. The van der Waals surface area contributed by atoms with Crippen LogP contribution < -0.4 is 0 Å². The number of hydrogen-bond acceptors (Lipinski definition) is 8. The molecule has 0 aliphatic carbocycles. The maximum atomic E-state index is 13.0. The summed E-state index contributed by atoms with van der Waals surface area (Å²) in [5.41, 5.74) is -2.69. The first kappa shape index (κ1) is 29.4. The predicted octanol–water partition coefficient (Wildman–Crippen LogP) is 4.77. The summed E-state index contributed by atoms with van der Waals surface area (Å²) in [7, 11) is 0. The average molecular weight is 458 g/mol. The van der Waals surface area contributed by atoms with Crippen molar-refractivity contribution in [3.8, 4) is 0 Å². The molecule has 0 aromatic carbocycles. The molecular formula is C23H39NO8. The topological polar surface area (TPSA) is 108 Å². The van der Waals surface area contributed by atoms with Crippen molar-refractivity contribution in [2.24, 2.45) is 0 Å². The number of ether oxygens (including phenoxy) is 4. The van der Waals surface area contributed by atoms with Crippen LogP contribution in [0.2, 0.25) is 0 Å². The molecule has 0 aliphatic rings. The number of allylic oxidation sites excluding steroid dienone is 1. The second-order valence-corrected chi connectivity index (χ2v) is 10.1. The highest BCUT2D eigenvalue weighted by Crippen LogP contribution is 2.22. The first-order valence-electron chi connectivity index (χ1n) is 10.7. The number of carbonyl (C=O) groups excluding carboxylic acids is 4. The zero-order valence-corrected chi connectivity index (χ0v) is 21.1. The van der Waals surface area contributed by atoms with Crippen molar-refractivity contribution < 1.29 is 38.1 Å². The van der Waals surface area contributed by atoms with Gasteiger partial charge in [0.2, 0.25) is 0 Å². The summed E-state index contributed by atoms with van der Waals surface area (Å²) in [5, 5.41) is 0. The van der Waals surface area contributed by atoms with E-state index in [1.807, 2.05) is 0 Å². The summed E-state index contributed by atoms with van der Waals surface area (Å²) < 4.78 is 21.0. The van der Waals surface area contributed by atoms with E-state index in [0.717, 1.165) is 0 Å². The average Bonchev–Trinajstić information content (AvgIpc) is 2.52. The van der Waals surface area contributed by atoms with Gasteiger partial charge in [0.1, 0.15) is 22.8 Å². The molecule has 0 unspecified atom stereocenters. The smallest absolute Gasteiger partial charge is 0.420 e. The van der Waals surface area contributed by atoms with Gasteiger partial charge in [0.25, 0.3) is 0 Å². The van der Waals surface area contributed by atoms with E-state index in [1.54, 1.807) is 69.2 Å². The molecule has 0 aromatic heterocycles. The Kier molecular flexibility index (Phi) is 10.9. The van der Waals surface area contributed by atoms with E-state index in [0.29, 0.717) is 4.90 Å². The van der Waals surface area contributed by atoms with Gasteiger partial charge in [-0.15, -0.1) is 0 Å². The van der Waals surface area contributed by atoms with Crippen LogP contribution in [0.1, 0.15) is 82.1 Å². The maximum absolute atomic E-state index is 13.0. The molecule has 2 amide bonds. The molecule has 0 saturated carbocycles. The zero-order chi connectivity index (χ0) is 25.3. The molecule has 0 fully saturated rings. The summed E-state index contributed by atoms with van der Waals surface area (Å²) in [6, 6.07) is -1.33. The van der Waals surface area contributed by atoms with E-state index >= 15 is 0 Å². The first-order chi connectivity index (χ1) is 14.4. The second kappa shape index (κ2) is 11.9. The SMILES string of the molecule is CCOC(=O)/C=C/CC[C@@H](C(=O)OC(C)(C)C)N(C(=O)OC(C)(C)C)C(=O)OC(C)(C)C. The Hall–Kier alpha value is -2.58. The number of hydrogen-bond donors (Lipinski definition) is 0. The van der Waals surface area contributed by atoms with Gasteiger partial charge < -0.3 is 18.9 Å². The minimum Gasteiger partial charge on any atom is -0.463 e. The summed E-state index contributed by atoms with van der Waals surface area (Å²) >= 11 is 0. The molecule has 0 heterocycles. The molecule has 1 atom stereocenters. The number of carbonyl (C=O) groups is 4. The van der Waals surface area contributed by atoms with Crippen molar-refractivity contribution in [3.63, 3.8) is 0 Å². The zero-order valence-electron chi connectivity index (χ0n) is 21.1. The third kappa shape index (κ3) is 13.0. The van der Waals surface area contributed by atoms with Crippen molar-refractivity contribution in [2.45, 2.75) is 105 Å². The van der Waals surface area contributed by atoms with Crippen LogP contribution in [-0.2, 0) is 28.5 Å². The Labute approximate surface area is 191 Å². The lowest BCUT2D eigenvalue weighted by molar-refractivity contribution is -0.161. The van der Waals surface area contributed by atoms with Crippen LogP contribution in [0.4, 0.5) is 9.59 Å². The number of imide groups is 1. The lowest BCUT2D eigenvalue weighted by Crippen LogP contribution is -2.53. The molecule has 0 saturated heterocycles. The van der Waals surface area contributed by atoms with E-state index in [-0.39, 0.29) is 19.4 Å². The van der Waals surface area contributed by atoms with E-state index in [1.165, 1.54) is 12.2 Å². The lowest BCUT2D eigenvalue weighted by Gasteiger charge is -2.33. The third-order valence-corrected chi connectivity index (χ3v) is 3.32. The Bertz CT molecular complexity index is 664. The molecular weight excluding hydrogens is 418 g/mol. The molecule has 0 aromatic rings. The molecule has 0 bridgehead atoms. The normalized spacial score (nSPS) is 13.3. The molecule has 0 radical (unpaired) electrons. The molecule has 0 rings (SSSR count). The molecule has 9 heteroatoms. The van der Waals surface area contributed by atoms with Crippen LogP contribution in [-0.4, -0.2) is 58.5 Å². The van der Waals surface area contributed by atoms with Crippen molar-refractivity contribution in [2.75, 3.05) is 6.61 Å². The lowest BCUT2D eigenvalue weighted by atomic mass is 10.1. The van der Waals surface area contributed by atoms with E-state index in [2.05, 4.69) is 0 Å². The Morgan fingerprint density at radius 3 is 1.59 bits per heavy atom. The van der Waals surface area contributed by atoms with Gasteiger partial charge in [-0.1, -0.05) is 6.08 Å². The minimum absolute atomic E-state index is 0.0106. The molecule has 0 aliphatic heterocycles. The minimum atomic E-state index is -1.33. The van der Waals surface area contributed by atoms with Crippen LogP contribution in [0.5, 0.6) is 0 Å². The van der Waals surface area contributed by atoms with Crippen molar-refractivity contribution >= 4 is 24.1 Å². The van der Waals surface area contributed by atoms with E-state index in [4.69, 9.17) is 18.9 Å². The number of nitrogens with zero attached hydrogens (tertiary/aromatic N) is 1. The first-order valence-corrected chi connectivity index (χ1v) is 10.7. The summed E-state index contributed by atoms with van der Waals surface area (Å²) in [6.07, 6.45) is 0.834. The van der Waals surface area contributed by atoms with Gasteiger partial charge in [-0.25, -0.2) is 19.2 Å². The van der Waals surface area contributed by atoms with Gasteiger partial charge in [-0.2, -0.15) is 4.90 Å². The Morgan fingerprint density at radius 1 is 0.781 bits per heavy atom. The third-order valence-electron chi connectivity index (χ3n) is 3.32. The van der Waals surface area contributed by atoms with Gasteiger partial charge in [-0.3, -0.25) is 0 Å². The molecule has 0 N–H and O–H groups in total. The molecule has 184 valence electrons. The van der Waals surface area contributed by atoms with E-state index in [9.17, 15) is 19.2 Å². The fourth-order valence-corrected chi connectivity index (χ4v) is 2.30. The highest BCUT2D eigenvalue weighted by atomic mass is 16.6. The largest absolute Gasteiger partial charge is 0.463 e. The molecule has 32 heavy (non-hydrogen) atoms. The number of rotatable bonds is 7. The molecule has 9 nitrogen and oxygen atoms in total. The van der Waals surface area contributed by atoms with Crippen LogP contribution >= 0.6 is 0 Å². The van der Waals surface area contributed by atoms with E-state index < -0.39 is 47.0 Å². The standard InChI is InChI=1S/C23H39NO8/c1-11-29-17(25)15-13-12-14-16(18(26)30-21(2,3)4)24(19(27)31-22(5,6)7)20(28)32-23(8,9)10/h13,15-16H,11-12,14H2,1-10H3/b15-13+/t16-/m0/s1. The van der Waals surface area contributed by atoms with Gasteiger partial charge in [0, 0.05) is 6.08 Å². The Balaban J connectivity index is 6.00. The quantitative estimate of drug-likeness (QED) is 0.306. The summed E-state index contributed by atoms with van der Waals surface area (Å²) in [6.45, 7) is 16.8. The second-order valence-electron chi connectivity index (χ2n) is 10.1. The highest BCUT2D eigenvalue weighted by Gasteiger charge is 2.41. The maximum Gasteiger partial charge on any atom is 0.420 e. The predicted molar refractivity (Wildman–Crippen MR) is 119 cm³/mol. The van der Waals surface area contributed by atoms with Gasteiger partial charge in [0.15, 0.2) is 0 Å². The fraction of sp³-hybridized carbons (Fsp3) is 0.739. The van der Waals surface area contributed by atoms with Crippen molar-refractivity contribution in [1.29, 1.82) is 0 Å².